The molecule has 0 aliphatic rings. The Bertz CT molecular complexity index is 755. The van der Waals surface area contributed by atoms with Gasteiger partial charge in [0.25, 0.3) is 5.91 Å². The summed E-state index contributed by atoms with van der Waals surface area (Å²) >= 11 is 0. The number of anilines is 1. The molecule has 0 aromatic heterocycles. The normalized spacial score (nSPS) is 11.7. The van der Waals surface area contributed by atoms with Crippen molar-refractivity contribution in [2.24, 2.45) is 5.92 Å². The van der Waals surface area contributed by atoms with E-state index in [2.05, 4.69) is 10.6 Å². The van der Waals surface area contributed by atoms with Crippen LogP contribution >= 0.6 is 0 Å². The van der Waals surface area contributed by atoms with Gasteiger partial charge in [0.2, 0.25) is 5.91 Å². The van der Waals surface area contributed by atoms with Gasteiger partial charge in [0.05, 0.1) is 7.11 Å². The number of carbonyl (C=O) groups excluding carboxylic acids is 2. The number of carbonyl (C=O) groups is 2. The van der Waals surface area contributed by atoms with E-state index in [0.29, 0.717) is 30.0 Å². The molecule has 2 amide bonds. The second-order valence-corrected chi connectivity index (χ2v) is 6.71. The van der Waals surface area contributed by atoms with Crippen LogP contribution < -0.4 is 21.1 Å². The van der Waals surface area contributed by atoms with Gasteiger partial charge in [0, 0.05) is 17.8 Å². The van der Waals surface area contributed by atoms with E-state index in [-0.39, 0.29) is 17.7 Å². The third kappa shape index (κ3) is 6.02. The summed E-state index contributed by atoms with van der Waals surface area (Å²) in [5, 5.41) is 5.72. The SMILES string of the molecule is COc1ccc(C(=O)NC(C(=O)NCCc2ccc(N)cc2)C(C)C)cc1. The van der Waals surface area contributed by atoms with Crippen molar-refractivity contribution in [2.75, 3.05) is 19.4 Å². The highest BCUT2D eigenvalue weighted by molar-refractivity contribution is 5.97. The Morgan fingerprint density at radius 3 is 2.22 bits per heavy atom. The fourth-order valence-corrected chi connectivity index (χ4v) is 2.63. The quantitative estimate of drug-likeness (QED) is 0.623. The third-order valence-electron chi connectivity index (χ3n) is 4.28. The molecule has 1 unspecified atom stereocenters. The third-order valence-corrected chi connectivity index (χ3v) is 4.28. The van der Waals surface area contributed by atoms with Crippen LogP contribution in [0.5, 0.6) is 5.75 Å². The molecule has 2 aromatic carbocycles. The number of benzene rings is 2. The van der Waals surface area contributed by atoms with Crippen LogP contribution in [0.4, 0.5) is 5.69 Å². The van der Waals surface area contributed by atoms with Gasteiger partial charge in [-0.3, -0.25) is 9.59 Å². The summed E-state index contributed by atoms with van der Waals surface area (Å²) in [7, 11) is 1.57. The molecular weight excluding hydrogens is 342 g/mol. The molecule has 27 heavy (non-hydrogen) atoms. The van der Waals surface area contributed by atoms with Gasteiger partial charge in [-0.2, -0.15) is 0 Å². The molecule has 144 valence electrons. The monoisotopic (exact) mass is 369 g/mol. The Hall–Kier alpha value is -3.02. The van der Waals surface area contributed by atoms with Crippen LogP contribution in [-0.4, -0.2) is 31.5 Å². The fourth-order valence-electron chi connectivity index (χ4n) is 2.63. The summed E-state index contributed by atoms with van der Waals surface area (Å²) in [5.41, 5.74) is 7.96. The van der Waals surface area contributed by atoms with Crippen LogP contribution in [0.15, 0.2) is 48.5 Å². The molecular formula is C21H27N3O3. The second-order valence-electron chi connectivity index (χ2n) is 6.71. The molecule has 0 bridgehead atoms. The first-order valence-corrected chi connectivity index (χ1v) is 8.97. The highest BCUT2D eigenvalue weighted by Gasteiger charge is 2.24. The zero-order valence-corrected chi connectivity index (χ0v) is 16.0. The van der Waals surface area contributed by atoms with Crippen molar-refractivity contribution in [3.63, 3.8) is 0 Å². The minimum absolute atomic E-state index is 0.0382. The summed E-state index contributed by atoms with van der Waals surface area (Å²) in [6.07, 6.45) is 0.698. The summed E-state index contributed by atoms with van der Waals surface area (Å²) < 4.78 is 5.09. The predicted octanol–water partition coefficient (Wildman–Crippen LogP) is 2.39. The van der Waals surface area contributed by atoms with E-state index in [0.717, 1.165) is 5.56 Å². The number of hydrogen-bond donors (Lipinski definition) is 3. The number of hydrogen-bond acceptors (Lipinski definition) is 4. The Labute approximate surface area is 160 Å². The number of nitrogen functional groups attached to an aromatic ring is 1. The fraction of sp³-hybridized carbons (Fsp3) is 0.333. The van der Waals surface area contributed by atoms with Crippen molar-refractivity contribution in [3.05, 3.63) is 59.7 Å². The lowest BCUT2D eigenvalue weighted by atomic mass is 10.0. The van der Waals surface area contributed by atoms with Crippen molar-refractivity contribution in [1.29, 1.82) is 0 Å². The zero-order chi connectivity index (χ0) is 19.8. The maximum absolute atomic E-state index is 12.5. The molecule has 0 fully saturated rings. The first kappa shape index (κ1) is 20.3. The minimum atomic E-state index is -0.606. The van der Waals surface area contributed by atoms with Crippen molar-refractivity contribution >= 4 is 17.5 Å². The highest BCUT2D eigenvalue weighted by Crippen LogP contribution is 2.12. The largest absolute Gasteiger partial charge is 0.497 e. The molecule has 2 rings (SSSR count). The van der Waals surface area contributed by atoms with E-state index in [1.165, 1.54) is 0 Å². The van der Waals surface area contributed by atoms with Crippen molar-refractivity contribution in [2.45, 2.75) is 26.3 Å². The van der Waals surface area contributed by atoms with Crippen molar-refractivity contribution < 1.29 is 14.3 Å². The number of nitrogens with two attached hydrogens (primary N) is 1. The zero-order valence-electron chi connectivity index (χ0n) is 16.0. The molecule has 0 heterocycles. The number of methoxy groups -OCH3 is 1. The smallest absolute Gasteiger partial charge is 0.251 e. The molecule has 0 radical (unpaired) electrons. The van der Waals surface area contributed by atoms with Crippen molar-refractivity contribution in [3.8, 4) is 5.75 Å². The standard InChI is InChI=1S/C21H27N3O3/c1-14(2)19(24-20(25)16-6-10-18(27-3)11-7-16)21(26)23-13-12-15-4-8-17(22)9-5-15/h4-11,14,19H,12-13,22H2,1-3H3,(H,23,26)(H,24,25). The topological polar surface area (TPSA) is 93.4 Å². The van der Waals surface area contributed by atoms with Crippen LogP contribution in [0.2, 0.25) is 0 Å². The van der Waals surface area contributed by atoms with Crippen LogP contribution in [0.3, 0.4) is 0 Å². The van der Waals surface area contributed by atoms with E-state index in [1.54, 1.807) is 31.4 Å². The van der Waals surface area contributed by atoms with Gasteiger partial charge in [-0.15, -0.1) is 0 Å². The minimum Gasteiger partial charge on any atom is -0.497 e. The van der Waals surface area contributed by atoms with Gasteiger partial charge in [-0.25, -0.2) is 0 Å². The molecule has 1 atom stereocenters. The molecule has 4 N–H and O–H groups in total. The molecule has 0 aliphatic carbocycles. The van der Waals surface area contributed by atoms with Crippen LogP contribution in [-0.2, 0) is 11.2 Å². The maximum Gasteiger partial charge on any atom is 0.251 e. The second kappa shape index (κ2) is 9.62. The average molecular weight is 369 g/mol. The first-order valence-electron chi connectivity index (χ1n) is 8.97. The Balaban J connectivity index is 1.91. The lowest BCUT2D eigenvalue weighted by Crippen LogP contribution is -2.50. The molecule has 0 saturated carbocycles. The Morgan fingerprint density at radius 1 is 1.04 bits per heavy atom. The summed E-state index contributed by atoms with van der Waals surface area (Å²) in [6, 6.07) is 13.7. The first-order chi connectivity index (χ1) is 12.9. The average Bonchev–Trinajstić information content (AvgIpc) is 2.67. The van der Waals surface area contributed by atoms with Gasteiger partial charge in [0.1, 0.15) is 11.8 Å². The number of rotatable bonds is 8. The molecule has 0 aliphatic heterocycles. The van der Waals surface area contributed by atoms with Gasteiger partial charge in [-0.05, 0) is 54.3 Å². The van der Waals surface area contributed by atoms with Crippen LogP contribution in [0.1, 0.15) is 29.8 Å². The van der Waals surface area contributed by atoms with E-state index >= 15 is 0 Å². The number of ether oxygens (including phenoxy) is 1. The molecule has 0 saturated heterocycles. The predicted molar refractivity (Wildman–Crippen MR) is 107 cm³/mol. The lowest BCUT2D eigenvalue weighted by Gasteiger charge is -2.22. The van der Waals surface area contributed by atoms with Gasteiger partial charge in [-0.1, -0.05) is 26.0 Å². The van der Waals surface area contributed by atoms with Gasteiger partial charge >= 0.3 is 0 Å². The van der Waals surface area contributed by atoms with Crippen LogP contribution in [0.25, 0.3) is 0 Å². The number of nitrogens with one attached hydrogen (secondary N) is 2. The van der Waals surface area contributed by atoms with E-state index in [4.69, 9.17) is 10.5 Å². The van der Waals surface area contributed by atoms with Gasteiger partial charge in [0.15, 0.2) is 0 Å². The Morgan fingerprint density at radius 2 is 1.67 bits per heavy atom. The van der Waals surface area contributed by atoms with E-state index in [9.17, 15) is 9.59 Å². The lowest BCUT2D eigenvalue weighted by molar-refractivity contribution is -0.123. The molecule has 2 aromatic rings. The van der Waals surface area contributed by atoms with Crippen molar-refractivity contribution in [1.82, 2.24) is 10.6 Å². The van der Waals surface area contributed by atoms with Gasteiger partial charge < -0.3 is 21.1 Å². The summed E-state index contributed by atoms with van der Waals surface area (Å²) in [6.45, 7) is 4.29. The Kier molecular flexibility index (Phi) is 7.23. The van der Waals surface area contributed by atoms with E-state index in [1.807, 2.05) is 38.1 Å². The number of amides is 2. The molecule has 6 heteroatoms. The van der Waals surface area contributed by atoms with Crippen LogP contribution in [0, 0.1) is 5.92 Å². The maximum atomic E-state index is 12.5. The molecule has 0 spiro atoms. The van der Waals surface area contributed by atoms with E-state index < -0.39 is 6.04 Å². The highest BCUT2D eigenvalue weighted by atomic mass is 16.5. The summed E-state index contributed by atoms with van der Waals surface area (Å²) in [4.78, 5) is 25.0. The molecule has 6 nitrogen and oxygen atoms in total. The summed E-state index contributed by atoms with van der Waals surface area (Å²) in [5.74, 6) is 0.156.